The fourth-order valence-corrected chi connectivity index (χ4v) is 2.36. The van der Waals surface area contributed by atoms with E-state index in [1.54, 1.807) is 13.8 Å². The van der Waals surface area contributed by atoms with E-state index in [1.165, 1.54) is 6.92 Å². The van der Waals surface area contributed by atoms with E-state index in [9.17, 15) is 9.90 Å². The van der Waals surface area contributed by atoms with Gasteiger partial charge in [0.15, 0.2) is 24.3 Å². The van der Waals surface area contributed by atoms with Crippen LogP contribution in [0.4, 0.5) is 0 Å². The average molecular weight is 287 g/mol. The van der Waals surface area contributed by atoms with Crippen molar-refractivity contribution >= 4 is 5.97 Å². The minimum Gasteiger partial charge on any atom is -0.457 e. The zero-order valence-corrected chi connectivity index (χ0v) is 11.4. The van der Waals surface area contributed by atoms with Gasteiger partial charge in [-0.05, 0) is 19.4 Å². The summed E-state index contributed by atoms with van der Waals surface area (Å²) in [7, 11) is 0. The fraction of sp³-hybridized carbons (Fsp3) is 0.909. The Kier molecular flexibility index (Phi) is 4.17. The molecule has 0 saturated carbocycles. The Morgan fingerprint density at radius 3 is 2.85 bits per heavy atom. The molecule has 2 aliphatic heterocycles. The molecule has 2 saturated heterocycles. The third-order valence-corrected chi connectivity index (χ3v) is 3.04. The van der Waals surface area contributed by atoms with E-state index >= 15 is 0 Å². The summed E-state index contributed by atoms with van der Waals surface area (Å²) in [6, 6.07) is 0. The number of ether oxygens (including phenoxy) is 4. The summed E-state index contributed by atoms with van der Waals surface area (Å²) in [6.45, 7) is 4.49. The van der Waals surface area contributed by atoms with Gasteiger partial charge in [-0.3, -0.25) is 4.79 Å². The van der Waals surface area contributed by atoms with Gasteiger partial charge in [0.05, 0.1) is 12.6 Å². The maximum atomic E-state index is 11.2. The number of fused-ring (bicyclic) bond motifs is 1. The minimum absolute atomic E-state index is 0.193. The van der Waals surface area contributed by atoms with Gasteiger partial charge < -0.3 is 24.1 Å². The van der Waals surface area contributed by atoms with Crippen LogP contribution in [0.15, 0.2) is 5.11 Å². The highest BCUT2D eigenvalue weighted by molar-refractivity contribution is 5.66. The number of carbonyl (C=O) groups is 1. The number of aliphatic hydroxyl groups excluding tert-OH is 1. The number of hydrogen-bond acceptors (Lipinski definition) is 7. The summed E-state index contributed by atoms with van der Waals surface area (Å²) in [5, 5.41) is 13.2. The van der Waals surface area contributed by atoms with Crippen molar-refractivity contribution in [3.05, 3.63) is 10.4 Å². The average Bonchev–Trinajstić information content (AvgIpc) is 2.79. The first kappa shape index (κ1) is 15.0. The van der Waals surface area contributed by atoms with Crippen LogP contribution in [0.3, 0.4) is 0 Å². The number of aliphatic hydroxyl groups is 1. The first-order chi connectivity index (χ1) is 9.34. The SMILES string of the molecule is CC(=O)O[C@@H]1[C@H]2OC(C)(C)O[C@H]2O[C@@H]1[C@H](O)CN=[N+]=[N-]. The Hall–Kier alpha value is -1.38. The van der Waals surface area contributed by atoms with E-state index in [0.717, 1.165) is 0 Å². The van der Waals surface area contributed by atoms with E-state index in [-0.39, 0.29) is 6.54 Å². The van der Waals surface area contributed by atoms with Crippen molar-refractivity contribution in [2.24, 2.45) is 5.11 Å². The Labute approximate surface area is 115 Å². The van der Waals surface area contributed by atoms with Gasteiger partial charge in [-0.15, -0.1) is 0 Å². The summed E-state index contributed by atoms with van der Waals surface area (Å²) in [5.41, 5.74) is 8.27. The highest BCUT2D eigenvalue weighted by Crippen LogP contribution is 2.39. The molecule has 2 rings (SSSR count). The Morgan fingerprint density at radius 2 is 2.25 bits per heavy atom. The van der Waals surface area contributed by atoms with E-state index in [2.05, 4.69) is 10.0 Å². The molecule has 0 aromatic rings. The highest BCUT2D eigenvalue weighted by Gasteiger charge is 2.57. The van der Waals surface area contributed by atoms with Crippen LogP contribution in [-0.2, 0) is 23.7 Å². The largest absolute Gasteiger partial charge is 0.457 e. The van der Waals surface area contributed by atoms with Gasteiger partial charge in [0.1, 0.15) is 6.10 Å². The molecule has 0 amide bonds. The number of hydrogen-bond donors (Lipinski definition) is 1. The summed E-state index contributed by atoms with van der Waals surface area (Å²) in [4.78, 5) is 13.8. The Bertz CT molecular complexity index is 436. The summed E-state index contributed by atoms with van der Waals surface area (Å²) in [5.74, 6) is -1.37. The van der Waals surface area contributed by atoms with Gasteiger partial charge in [0.25, 0.3) is 0 Å². The van der Waals surface area contributed by atoms with E-state index < -0.39 is 42.5 Å². The number of rotatable bonds is 4. The van der Waals surface area contributed by atoms with Crippen LogP contribution in [0.5, 0.6) is 0 Å². The second kappa shape index (κ2) is 5.55. The predicted octanol–water partition coefficient (Wildman–Crippen LogP) is 0.466. The molecule has 0 radical (unpaired) electrons. The first-order valence-electron chi connectivity index (χ1n) is 6.21. The summed E-state index contributed by atoms with van der Waals surface area (Å²) in [6.07, 6.45) is -4.16. The minimum atomic E-state index is -1.11. The molecule has 0 aromatic heterocycles. The van der Waals surface area contributed by atoms with Gasteiger partial charge >= 0.3 is 5.97 Å². The Balaban J connectivity index is 2.13. The van der Waals surface area contributed by atoms with Gasteiger partial charge in [-0.25, -0.2) is 0 Å². The van der Waals surface area contributed by atoms with Crippen molar-refractivity contribution in [2.75, 3.05) is 6.54 Å². The van der Waals surface area contributed by atoms with Crippen molar-refractivity contribution in [3.63, 3.8) is 0 Å². The van der Waals surface area contributed by atoms with Crippen LogP contribution >= 0.6 is 0 Å². The maximum Gasteiger partial charge on any atom is 0.303 e. The molecule has 0 aromatic carbocycles. The van der Waals surface area contributed by atoms with E-state index in [0.29, 0.717) is 0 Å². The lowest BCUT2D eigenvalue weighted by Crippen LogP contribution is -2.44. The van der Waals surface area contributed by atoms with Crippen molar-refractivity contribution < 1.29 is 28.8 Å². The number of esters is 1. The van der Waals surface area contributed by atoms with Crippen LogP contribution in [0, 0.1) is 0 Å². The highest BCUT2D eigenvalue weighted by atomic mass is 16.8. The van der Waals surface area contributed by atoms with Crippen molar-refractivity contribution in [1.29, 1.82) is 0 Å². The molecule has 2 aliphatic rings. The lowest BCUT2D eigenvalue weighted by Gasteiger charge is -2.27. The summed E-state index contributed by atoms with van der Waals surface area (Å²) < 4.78 is 21.9. The zero-order valence-electron chi connectivity index (χ0n) is 11.4. The zero-order chi connectivity index (χ0) is 14.9. The molecule has 9 nitrogen and oxygen atoms in total. The maximum absolute atomic E-state index is 11.2. The van der Waals surface area contributed by atoms with E-state index in [4.69, 9.17) is 24.5 Å². The lowest BCUT2D eigenvalue weighted by molar-refractivity contribution is -0.228. The third kappa shape index (κ3) is 3.02. The molecule has 0 bridgehead atoms. The van der Waals surface area contributed by atoms with Crippen LogP contribution in [-0.4, -0.2) is 54.1 Å². The monoisotopic (exact) mass is 287 g/mol. The topological polar surface area (TPSA) is 123 Å². The van der Waals surface area contributed by atoms with Crippen molar-refractivity contribution in [1.82, 2.24) is 0 Å². The summed E-state index contributed by atoms with van der Waals surface area (Å²) >= 11 is 0. The van der Waals surface area contributed by atoms with Gasteiger partial charge in [-0.2, -0.15) is 0 Å². The van der Waals surface area contributed by atoms with Crippen molar-refractivity contribution in [2.45, 2.75) is 57.3 Å². The molecule has 0 spiro atoms. The number of nitrogens with zero attached hydrogens (tertiary/aromatic N) is 3. The normalized spacial score (nSPS) is 36.0. The van der Waals surface area contributed by atoms with Crippen LogP contribution < -0.4 is 0 Å². The molecule has 112 valence electrons. The van der Waals surface area contributed by atoms with Gasteiger partial charge in [0, 0.05) is 11.8 Å². The van der Waals surface area contributed by atoms with Crippen molar-refractivity contribution in [3.8, 4) is 0 Å². The quantitative estimate of drug-likeness (QED) is 0.347. The molecule has 20 heavy (non-hydrogen) atoms. The van der Waals surface area contributed by atoms with Gasteiger partial charge in [0.2, 0.25) is 0 Å². The fourth-order valence-electron chi connectivity index (χ4n) is 2.36. The molecule has 5 atom stereocenters. The molecule has 1 N–H and O–H groups in total. The standard InChI is InChI=1S/C11H17N3O6/c1-5(15)17-8-7(6(16)4-13-14-12)18-10-9(8)19-11(2,3)20-10/h6-10,16H,4H2,1-3H3/t6-,7-,8+,9-,10-/m1/s1. The molecular formula is C11H17N3O6. The second-order valence-electron chi connectivity index (χ2n) is 5.12. The molecule has 9 heteroatoms. The van der Waals surface area contributed by atoms with Crippen LogP contribution in [0.1, 0.15) is 20.8 Å². The van der Waals surface area contributed by atoms with Crippen LogP contribution in [0.2, 0.25) is 0 Å². The molecule has 0 aliphatic carbocycles. The van der Waals surface area contributed by atoms with Crippen LogP contribution in [0.25, 0.3) is 10.4 Å². The molecule has 2 fully saturated rings. The van der Waals surface area contributed by atoms with E-state index in [1.807, 2.05) is 0 Å². The third-order valence-electron chi connectivity index (χ3n) is 3.04. The molecular weight excluding hydrogens is 270 g/mol. The lowest BCUT2D eigenvalue weighted by atomic mass is 10.1. The Morgan fingerprint density at radius 1 is 1.55 bits per heavy atom. The number of azide groups is 1. The smallest absolute Gasteiger partial charge is 0.303 e. The molecule has 0 unspecified atom stereocenters. The second-order valence-corrected chi connectivity index (χ2v) is 5.12. The predicted molar refractivity (Wildman–Crippen MR) is 64.3 cm³/mol. The number of carbonyl (C=O) groups excluding carboxylic acids is 1. The molecule has 2 heterocycles. The van der Waals surface area contributed by atoms with Gasteiger partial charge in [-0.1, -0.05) is 5.11 Å². The first-order valence-corrected chi connectivity index (χ1v) is 6.21.